The molecule has 2 atom stereocenters. The van der Waals surface area contributed by atoms with Crippen LogP contribution in [0.1, 0.15) is 42.6 Å². The number of nitrogens with zero attached hydrogens (tertiary/aromatic N) is 3. The number of nitrogens with one attached hydrogen (secondary N) is 1. The fourth-order valence-corrected chi connectivity index (χ4v) is 6.64. The second-order valence-corrected chi connectivity index (χ2v) is 12.3. The average molecular weight is 659 g/mol. The molecular weight excluding hydrogens is 626 g/mol. The van der Waals surface area contributed by atoms with Gasteiger partial charge in [-0.05, 0) is 48.7 Å². The van der Waals surface area contributed by atoms with Crippen molar-refractivity contribution in [2.24, 2.45) is 0 Å². The maximum absolute atomic E-state index is 15.5. The van der Waals surface area contributed by atoms with Gasteiger partial charge in [-0.25, -0.2) is 8.78 Å². The minimum atomic E-state index is -1.44. The standard InChI is InChI=1S/C36H33ClF2N4O4/c1-21(44)29-19-42(32-11-10-24(16-28(29)32)23-12-14-41(15-13-23)22(2)45)20-34(46)43-18-25(38)17-33(43)36(47)40-31-9-5-7-27(35(31)39)26-6-3-4-8-30(26)37/h3-12,16,19,25,33H,13-15,17-18,20H2,1-2H3,(H,40,47). The number of carbonyl (C=O) groups excluding carboxylic acids is 4. The third-order valence-electron chi connectivity index (χ3n) is 8.88. The van der Waals surface area contributed by atoms with Crippen molar-refractivity contribution >= 4 is 57.3 Å². The van der Waals surface area contributed by atoms with E-state index in [1.807, 2.05) is 24.3 Å². The van der Waals surface area contributed by atoms with Crippen LogP contribution in [0, 0.1) is 5.82 Å². The van der Waals surface area contributed by atoms with E-state index in [2.05, 4.69) is 5.32 Å². The zero-order valence-electron chi connectivity index (χ0n) is 25.9. The van der Waals surface area contributed by atoms with Crippen LogP contribution in [0.3, 0.4) is 0 Å². The zero-order chi connectivity index (χ0) is 33.4. The minimum Gasteiger partial charge on any atom is -0.339 e. The van der Waals surface area contributed by atoms with E-state index in [9.17, 15) is 23.6 Å². The van der Waals surface area contributed by atoms with Crippen molar-refractivity contribution in [3.05, 3.63) is 94.9 Å². The first-order chi connectivity index (χ1) is 22.5. The molecule has 3 amide bonds. The number of likely N-dealkylation sites (tertiary alicyclic amines) is 1. The number of rotatable bonds is 7. The molecule has 1 aromatic heterocycles. The van der Waals surface area contributed by atoms with E-state index in [0.29, 0.717) is 46.6 Å². The summed E-state index contributed by atoms with van der Waals surface area (Å²) in [6.07, 6.45) is 2.62. The number of Topliss-reactive ketones (excluding diaryl/α,β-unsaturated/α-hetero) is 1. The van der Waals surface area contributed by atoms with Gasteiger partial charge in [0, 0.05) is 65.2 Å². The van der Waals surface area contributed by atoms with Crippen molar-refractivity contribution in [1.82, 2.24) is 14.4 Å². The van der Waals surface area contributed by atoms with E-state index < -0.39 is 29.8 Å². The highest BCUT2D eigenvalue weighted by Gasteiger charge is 2.40. The lowest BCUT2D eigenvalue weighted by Crippen LogP contribution is -2.44. The van der Waals surface area contributed by atoms with Crippen molar-refractivity contribution in [3.8, 4) is 11.1 Å². The van der Waals surface area contributed by atoms with Gasteiger partial charge in [0.05, 0.1) is 12.2 Å². The first kappa shape index (κ1) is 32.1. The Morgan fingerprint density at radius 2 is 1.77 bits per heavy atom. The molecule has 0 radical (unpaired) electrons. The predicted molar refractivity (Wildman–Crippen MR) is 177 cm³/mol. The summed E-state index contributed by atoms with van der Waals surface area (Å²) < 4.78 is 31.9. The fourth-order valence-electron chi connectivity index (χ4n) is 6.40. The van der Waals surface area contributed by atoms with Crippen LogP contribution < -0.4 is 5.32 Å². The Balaban J connectivity index is 1.22. The lowest BCUT2D eigenvalue weighted by atomic mass is 9.97. The molecule has 1 saturated heterocycles. The molecule has 4 aromatic rings. The number of halogens is 3. The van der Waals surface area contributed by atoms with Crippen molar-refractivity contribution in [1.29, 1.82) is 0 Å². The molecular formula is C36H33ClF2N4O4. The smallest absolute Gasteiger partial charge is 0.247 e. The molecule has 242 valence electrons. The molecule has 11 heteroatoms. The number of fused-ring (bicyclic) bond motifs is 1. The van der Waals surface area contributed by atoms with Gasteiger partial charge >= 0.3 is 0 Å². The summed E-state index contributed by atoms with van der Waals surface area (Å²) in [6, 6.07) is 15.8. The van der Waals surface area contributed by atoms with E-state index in [0.717, 1.165) is 11.1 Å². The van der Waals surface area contributed by atoms with E-state index in [-0.39, 0.29) is 42.5 Å². The second kappa shape index (κ2) is 13.1. The molecule has 47 heavy (non-hydrogen) atoms. The number of anilines is 1. The van der Waals surface area contributed by atoms with Gasteiger partial charge < -0.3 is 19.7 Å². The molecule has 2 unspecified atom stereocenters. The molecule has 0 spiro atoms. The van der Waals surface area contributed by atoms with Gasteiger partial charge in [-0.2, -0.15) is 0 Å². The number of carbonyl (C=O) groups is 4. The number of ketones is 1. The summed E-state index contributed by atoms with van der Waals surface area (Å²) in [5.74, 6) is -2.07. The second-order valence-electron chi connectivity index (χ2n) is 11.9. The van der Waals surface area contributed by atoms with Gasteiger partial charge in [-0.3, -0.25) is 19.2 Å². The van der Waals surface area contributed by atoms with Crippen LogP contribution in [0.5, 0.6) is 0 Å². The summed E-state index contributed by atoms with van der Waals surface area (Å²) in [5.41, 5.74) is 3.61. The van der Waals surface area contributed by atoms with E-state index in [1.54, 1.807) is 59.0 Å². The van der Waals surface area contributed by atoms with E-state index in [1.165, 1.54) is 17.9 Å². The Morgan fingerprint density at radius 3 is 2.47 bits per heavy atom. The van der Waals surface area contributed by atoms with Gasteiger partial charge in [0.25, 0.3) is 0 Å². The Morgan fingerprint density at radius 1 is 1.00 bits per heavy atom. The number of benzene rings is 3. The number of amides is 3. The van der Waals surface area contributed by atoms with Crippen molar-refractivity contribution in [2.45, 2.75) is 45.4 Å². The molecule has 1 fully saturated rings. The molecule has 2 aliphatic rings. The van der Waals surface area contributed by atoms with Crippen LogP contribution in [0.15, 0.2) is 72.9 Å². The number of hydrogen-bond donors (Lipinski definition) is 1. The molecule has 2 aliphatic heterocycles. The summed E-state index contributed by atoms with van der Waals surface area (Å²) >= 11 is 6.27. The highest BCUT2D eigenvalue weighted by Crippen LogP contribution is 2.34. The van der Waals surface area contributed by atoms with Gasteiger partial charge in [-0.1, -0.05) is 54.1 Å². The summed E-state index contributed by atoms with van der Waals surface area (Å²) in [6.45, 7) is 3.59. The molecule has 0 aliphatic carbocycles. The van der Waals surface area contributed by atoms with Crippen molar-refractivity contribution in [2.75, 3.05) is 25.0 Å². The first-order valence-corrected chi connectivity index (χ1v) is 15.8. The largest absolute Gasteiger partial charge is 0.339 e. The maximum Gasteiger partial charge on any atom is 0.247 e. The third kappa shape index (κ3) is 6.42. The Labute approximate surface area is 275 Å². The molecule has 3 heterocycles. The highest BCUT2D eigenvalue weighted by molar-refractivity contribution is 6.33. The van der Waals surface area contributed by atoms with Crippen LogP contribution in [0.25, 0.3) is 27.6 Å². The minimum absolute atomic E-state index is 0.0166. The number of aromatic nitrogens is 1. The number of alkyl halides is 1. The van der Waals surface area contributed by atoms with Gasteiger partial charge in [0.1, 0.15) is 18.8 Å². The molecule has 6 rings (SSSR count). The number of hydrogen-bond acceptors (Lipinski definition) is 4. The predicted octanol–water partition coefficient (Wildman–Crippen LogP) is 6.52. The molecule has 1 N–H and O–H groups in total. The Hall–Kier alpha value is -4.83. The first-order valence-electron chi connectivity index (χ1n) is 15.4. The maximum atomic E-state index is 15.5. The molecule has 8 nitrogen and oxygen atoms in total. The SMILES string of the molecule is CC(=O)c1cn(CC(=O)N2CC(F)CC2C(=O)Nc2cccc(-c3ccccc3Cl)c2F)c2ccc(C3=CCN(C(C)=O)CC3)cc12. The molecule has 0 bridgehead atoms. The topological polar surface area (TPSA) is 91.7 Å². The quantitative estimate of drug-likeness (QED) is 0.229. The Kier molecular flexibility index (Phi) is 8.96. The van der Waals surface area contributed by atoms with E-state index >= 15 is 4.39 Å². The lowest BCUT2D eigenvalue weighted by molar-refractivity contribution is -0.137. The van der Waals surface area contributed by atoms with Crippen LogP contribution >= 0.6 is 11.6 Å². The highest BCUT2D eigenvalue weighted by atomic mass is 35.5. The normalized spacial score (nSPS) is 17.9. The van der Waals surface area contributed by atoms with Crippen LogP contribution in [0.2, 0.25) is 5.02 Å². The fraction of sp³-hybridized carbons (Fsp3) is 0.278. The van der Waals surface area contributed by atoms with E-state index in [4.69, 9.17) is 11.6 Å². The van der Waals surface area contributed by atoms with Crippen LogP contribution in [-0.4, -0.2) is 69.7 Å². The van der Waals surface area contributed by atoms with Gasteiger partial charge in [0.2, 0.25) is 17.7 Å². The summed E-state index contributed by atoms with van der Waals surface area (Å²) in [4.78, 5) is 54.3. The monoisotopic (exact) mass is 658 g/mol. The van der Waals surface area contributed by atoms with Crippen molar-refractivity contribution < 1.29 is 28.0 Å². The van der Waals surface area contributed by atoms with Crippen LogP contribution in [-0.2, 0) is 20.9 Å². The lowest BCUT2D eigenvalue weighted by Gasteiger charge is -2.25. The van der Waals surface area contributed by atoms with Crippen molar-refractivity contribution in [3.63, 3.8) is 0 Å². The van der Waals surface area contributed by atoms with Gasteiger partial charge in [-0.15, -0.1) is 0 Å². The Bertz CT molecular complexity index is 1950. The summed E-state index contributed by atoms with van der Waals surface area (Å²) in [7, 11) is 0. The average Bonchev–Trinajstić information content (AvgIpc) is 3.63. The molecule has 0 saturated carbocycles. The summed E-state index contributed by atoms with van der Waals surface area (Å²) in [5, 5.41) is 3.57. The molecule has 3 aromatic carbocycles. The zero-order valence-corrected chi connectivity index (χ0v) is 26.7. The van der Waals surface area contributed by atoms with Crippen LogP contribution in [0.4, 0.5) is 14.5 Å². The van der Waals surface area contributed by atoms with Gasteiger partial charge in [0.15, 0.2) is 11.6 Å². The third-order valence-corrected chi connectivity index (χ3v) is 9.21.